The predicted molar refractivity (Wildman–Crippen MR) is 77.5 cm³/mol. The molecule has 0 bridgehead atoms. The van der Waals surface area contributed by atoms with E-state index in [0.29, 0.717) is 5.41 Å². The van der Waals surface area contributed by atoms with Gasteiger partial charge in [-0.2, -0.15) is 0 Å². The smallest absolute Gasteiger partial charge is 0.000937 e. The van der Waals surface area contributed by atoms with Gasteiger partial charge < -0.3 is 4.90 Å². The largest absolute Gasteiger partial charge is 0.306 e. The van der Waals surface area contributed by atoms with Crippen LogP contribution in [0.2, 0.25) is 0 Å². The second kappa shape index (κ2) is 4.51. The van der Waals surface area contributed by atoms with Crippen molar-refractivity contribution in [2.24, 2.45) is 35.0 Å². The van der Waals surface area contributed by atoms with E-state index in [4.69, 9.17) is 0 Å². The molecular formula is C17H31N. The molecule has 2 saturated carbocycles. The summed E-state index contributed by atoms with van der Waals surface area (Å²) in [7, 11) is 2.31. The van der Waals surface area contributed by atoms with E-state index in [2.05, 4.69) is 32.7 Å². The molecule has 3 rings (SSSR count). The Morgan fingerprint density at radius 1 is 0.833 bits per heavy atom. The second-order valence-electron chi connectivity index (χ2n) is 8.60. The lowest BCUT2D eigenvalue weighted by Crippen LogP contribution is -2.42. The van der Waals surface area contributed by atoms with Crippen LogP contribution in [0.5, 0.6) is 0 Å². The Hall–Kier alpha value is -0.0400. The van der Waals surface area contributed by atoms with Gasteiger partial charge in [-0.3, -0.25) is 0 Å². The number of hydrogen-bond acceptors (Lipinski definition) is 1. The SMILES string of the molecule is CN1CCC2CC3CC(C(C)(C)C)CC3CC2C1. The third-order valence-corrected chi connectivity index (χ3v) is 6.37. The molecule has 5 unspecified atom stereocenters. The number of fused-ring (bicyclic) bond motifs is 2. The molecule has 0 aromatic carbocycles. The lowest BCUT2D eigenvalue weighted by atomic mass is 9.67. The number of nitrogens with zero attached hydrogens (tertiary/aromatic N) is 1. The summed E-state index contributed by atoms with van der Waals surface area (Å²) in [6.07, 6.45) is 7.65. The quantitative estimate of drug-likeness (QED) is 0.626. The van der Waals surface area contributed by atoms with Crippen LogP contribution in [-0.4, -0.2) is 25.0 Å². The average Bonchev–Trinajstić information content (AvgIpc) is 2.68. The number of piperidine rings is 1. The van der Waals surface area contributed by atoms with Crippen molar-refractivity contribution < 1.29 is 0 Å². The van der Waals surface area contributed by atoms with Crippen LogP contribution in [0.15, 0.2) is 0 Å². The van der Waals surface area contributed by atoms with Crippen LogP contribution in [0.4, 0.5) is 0 Å². The van der Waals surface area contributed by atoms with Crippen molar-refractivity contribution >= 4 is 0 Å². The van der Waals surface area contributed by atoms with Crippen LogP contribution in [0.3, 0.4) is 0 Å². The minimum atomic E-state index is 0.541. The molecule has 3 aliphatic rings. The van der Waals surface area contributed by atoms with E-state index in [1.807, 2.05) is 0 Å². The fraction of sp³-hybridized carbons (Fsp3) is 1.00. The van der Waals surface area contributed by atoms with Gasteiger partial charge in [-0.1, -0.05) is 20.8 Å². The first-order valence-electron chi connectivity index (χ1n) is 8.12. The van der Waals surface area contributed by atoms with E-state index in [-0.39, 0.29) is 0 Å². The monoisotopic (exact) mass is 249 g/mol. The minimum Gasteiger partial charge on any atom is -0.306 e. The number of hydrogen-bond donors (Lipinski definition) is 0. The molecular weight excluding hydrogens is 218 g/mol. The van der Waals surface area contributed by atoms with Crippen molar-refractivity contribution in [1.82, 2.24) is 4.90 Å². The van der Waals surface area contributed by atoms with E-state index in [1.165, 1.54) is 32.4 Å². The molecule has 3 fully saturated rings. The molecule has 0 aromatic rings. The molecule has 0 N–H and O–H groups in total. The van der Waals surface area contributed by atoms with E-state index >= 15 is 0 Å². The fourth-order valence-electron chi connectivity index (χ4n) is 5.11. The summed E-state index contributed by atoms with van der Waals surface area (Å²) in [5.41, 5.74) is 0.541. The van der Waals surface area contributed by atoms with E-state index in [1.54, 1.807) is 12.8 Å². The van der Waals surface area contributed by atoms with Gasteiger partial charge in [0.25, 0.3) is 0 Å². The molecule has 104 valence electrons. The first-order chi connectivity index (χ1) is 8.43. The van der Waals surface area contributed by atoms with E-state index in [9.17, 15) is 0 Å². The van der Waals surface area contributed by atoms with Crippen LogP contribution in [0.25, 0.3) is 0 Å². The molecule has 2 aliphatic carbocycles. The molecule has 0 aromatic heterocycles. The Labute approximate surface area is 113 Å². The van der Waals surface area contributed by atoms with E-state index < -0.39 is 0 Å². The predicted octanol–water partition coefficient (Wildman–Crippen LogP) is 4.04. The van der Waals surface area contributed by atoms with Gasteiger partial charge in [-0.25, -0.2) is 0 Å². The van der Waals surface area contributed by atoms with Crippen molar-refractivity contribution in [3.8, 4) is 0 Å². The summed E-state index contributed by atoms with van der Waals surface area (Å²) < 4.78 is 0. The molecule has 1 heterocycles. The van der Waals surface area contributed by atoms with Crippen molar-refractivity contribution in [3.63, 3.8) is 0 Å². The Balaban J connectivity index is 1.67. The van der Waals surface area contributed by atoms with Gasteiger partial charge in [-0.05, 0) is 80.7 Å². The maximum absolute atomic E-state index is 2.57. The van der Waals surface area contributed by atoms with Crippen LogP contribution < -0.4 is 0 Å². The van der Waals surface area contributed by atoms with Gasteiger partial charge in [0, 0.05) is 6.54 Å². The topological polar surface area (TPSA) is 3.24 Å². The molecule has 1 saturated heterocycles. The maximum Gasteiger partial charge on any atom is 0.000937 e. The Bertz CT molecular complexity index is 303. The Morgan fingerprint density at radius 3 is 2.06 bits per heavy atom. The van der Waals surface area contributed by atoms with Crippen molar-refractivity contribution in [2.75, 3.05) is 20.1 Å². The third-order valence-electron chi connectivity index (χ3n) is 6.37. The molecule has 0 spiro atoms. The van der Waals surface area contributed by atoms with Crippen LogP contribution in [0.1, 0.15) is 52.9 Å². The highest BCUT2D eigenvalue weighted by atomic mass is 15.1. The Kier molecular flexibility index (Phi) is 3.25. The van der Waals surface area contributed by atoms with Gasteiger partial charge in [0.15, 0.2) is 0 Å². The van der Waals surface area contributed by atoms with Crippen molar-refractivity contribution in [3.05, 3.63) is 0 Å². The van der Waals surface area contributed by atoms with Crippen LogP contribution >= 0.6 is 0 Å². The Morgan fingerprint density at radius 2 is 1.44 bits per heavy atom. The van der Waals surface area contributed by atoms with Crippen molar-refractivity contribution in [1.29, 1.82) is 0 Å². The normalized spacial score (nSPS) is 45.7. The first kappa shape index (κ1) is 13.0. The highest BCUT2D eigenvalue weighted by Crippen LogP contribution is 2.54. The van der Waals surface area contributed by atoms with Crippen LogP contribution in [0, 0.1) is 35.0 Å². The lowest BCUT2D eigenvalue weighted by Gasteiger charge is -2.44. The first-order valence-corrected chi connectivity index (χ1v) is 8.12. The minimum absolute atomic E-state index is 0.541. The number of rotatable bonds is 0. The molecule has 1 nitrogen and oxygen atoms in total. The summed E-state index contributed by atoms with van der Waals surface area (Å²) in [4.78, 5) is 2.57. The zero-order valence-electron chi connectivity index (χ0n) is 12.8. The average molecular weight is 249 g/mol. The lowest BCUT2D eigenvalue weighted by molar-refractivity contribution is 0.0554. The summed E-state index contributed by atoms with van der Waals surface area (Å²) in [5.74, 6) is 5.25. The van der Waals surface area contributed by atoms with Gasteiger partial charge >= 0.3 is 0 Å². The third kappa shape index (κ3) is 2.35. The standard InChI is InChI=1S/C17H31N/c1-17(2,3)16-9-13-7-12-5-6-18(4)11-15(12)8-14(13)10-16/h12-16H,5-11H2,1-4H3. The highest BCUT2D eigenvalue weighted by Gasteiger charge is 2.46. The highest BCUT2D eigenvalue weighted by molar-refractivity contribution is 4.96. The summed E-state index contributed by atoms with van der Waals surface area (Å²) in [6.45, 7) is 10.1. The van der Waals surface area contributed by atoms with Gasteiger partial charge in [0.2, 0.25) is 0 Å². The van der Waals surface area contributed by atoms with Gasteiger partial charge in [-0.15, -0.1) is 0 Å². The maximum atomic E-state index is 2.57. The van der Waals surface area contributed by atoms with E-state index in [0.717, 1.165) is 29.6 Å². The zero-order chi connectivity index (χ0) is 12.9. The molecule has 5 atom stereocenters. The fourth-order valence-corrected chi connectivity index (χ4v) is 5.11. The molecule has 1 aliphatic heterocycles. The van der Waals surface area contributed by atoms with Crippen molar-refractivity contribution in [2.45, 2.75) is 52.9 Å². The van der Waals surface area contributed by atoms with Gasteiger partial charge in [0.1, 0.15) is 0 Å². The molecule has 0 amide bonds. The molecule has 18 heavy (non-hydrogen) atoms. The van der Waals surface area contributed by atoms with Gasteiger partial charge in [0.05, 0.1) is 0 Å². The van der Waals surface area contributed by atoms with Crippen LogP contribution in [-0.2, 0) is 0 Å². The zero-order valence-corrected chi connectivity index (χ0v) is 12.8. The summed E-state index contributed by atoms with van der Waals surface area (Å²) in [6, 6.07) is 0. The second-order valence-corrected chi connectivity index (χ2v) is 8.60. The summed E-state index contributed by atoms with van der Waals surface area (Å²) in [5, 5.41) is 0. The number of likely N-dealkylation sites (tertiary alicyclic amines) is 1. The molecule has 0 radical (unpaired) electrons. The summed E-state index contributed by atoms with van der Waals surface area (Å²) >= 11 is 0. The molecule has 1 heteroatoms.